The summed E-state index contributed by atoms with van der Waals surface area (Å²) in [6.45, 7) is 11.1. The van der Waals surface area contributed by atoms with Crippen LogP contribution in [0.5, 0.6) is 0 Å². The Hall–Kier alpha value is -0.800. The summed E-state index contributed by atoms with van der Waals surface area (Å²) in [6, 6.07) is 2.01. The molecule has 0 radical (unpaired) electrons. The van der Waals surface area contributed by atoms with Crippen molar-refractivity contribution in [2.75, 3.05) is 6.54 Å². The molecule has 0 saturated carbocycles. The van der Waals surface area contributed by atoms with E-state index in [4.69, 9.17) is 9.15 Å². The number of rotatable bonds is 9. The van der Waals surface area contributed by atoms with E-state index < -0.39 is 0 Å². The number of hydrogen-bond donors (Lipinski definition) is 1. The van der Waals surface area contributed by atoms with Gasteiger partial charge in [-0.1, -0.05) is 27.2 Å². The number of hydrogen-bond acceptors (Lipinski definition) is 3. The van der Waals surface area contributed by atoms with Crippen molar-refractivity contribution in [1.82, 2.24) is 5.32 Å². The highest BCUT2D eigenvalue weighted by Crippen LogP contribution is 2.14. The fourth-order valence-corrected chi connectivity index (χ4v) is 1.85. The Morgan fingerprint density at radius 1 is 1.33 bits per heavy atom. The first-order chi connectivity index (χ1) is 8.63. The summed E-state index contributed by atoms with van der Waals surface area (Å²) in [5, 5.41) is 3.39. The van der Waals surface area contributed by atoms with Gasteiger partial charge in [0.1, 0.15) is 5.76 Å². The van der Waals surface area contributed by atoms with E-state index in [0.29, 0.717) is 18.6 Å². The molecule has 1 N–H and O–H groups in total. The van der Waals surface area contributed by atoms with Crippen molar-refractivity contribution in [3.63, 3.8) is 0 Å². The standard InChI is InChI=1S/C15H27NO2/c1-5-6-13(4)18-11-14-7-8-17-15(14)10-16-9-12(2)3/h7-8,12-13,16H,5-6,9-11H2,1-4H3. The van der Waals surface area contributed by atoms with Gasteiger partial charge in [0, 0.05) is 5.56 Å². The van der Waals surface area contributed by atoms with Crippen LogP contribution in [0.1, 0.15) is 51.9 Å². The van der Waals surface area contributed by atoms with Crippen LogP contribution >= 0.6 is 0 Å². The van der Waals surface area contributed by atoms with Crippen LogP contribution in [0, 0.1) is 5.92 Å². The van der Waals surface area contributed by atoms with E-state index in [1.165, 1.54) is 0 Å². The van der Waals surface area contributed by atoms with Gasteiger partial charge in [0.2, 0.25) is 0 Å². The molecular formula is C15H27NO2. The van der Waals surface area contributed by atoms with Crippen LogP contribution in [0.3, 0.4) is 0 Å². The highest BCUT2D eigenvalue weighted by molar-refractivity contribution is 5.15. The molecule has 3 nitrogen and oxygen atoms in total. The summed E-state index contributed by atoms with van der Waals surface area (Å²) < 4.78 is 11.3. The maximum absolute atomic E-state index is 5.81. The molecule has 0 amide bonds. The third-order valence-electron chi connectivity index (χ3n) is 2.89. The predicted molar refractivity (Wildman–Crippen MR) is 74.4 cm³/mol. The highest BCUT2D eigenvalue weighted by Gasteiger charge is 2.08. The number of furan rings is 1. The molecule has 1 aromatic heterocycles. The summed E-state index contributed by atoms with van der Waals surface area (Å²) in [7, 11) is 0. The van der Waals surface area contributed by atoms with Crippen LogP contribution in [-0.2, 0) is 17.9 Å². The van der Waals surface area contributed by atoms with Crippen molar-refractivity contribution >= 4 is 0 Å². The molecule has 1 rings (SSSR count). The lowest BCUT2D eigenvalue weighted by Gasteiger charge is -2.12. The Balaban J connectivity index is 2.35. The molecule has 1 heterocycles. The van der Waals surface area contributed by atoms with Crippen molar-refractivity contribution in [1.29, 1.82) is 0 Å². The fraction of sp³-hybridized carbons (Fsp3) is 0.733. The van der Waals surface area contributed by atoms with Crippen molar-refractivity contribution in [3.05, 3.63) is 23.7 Å². The molecule has 0 spiro atoms. The molecule has 0 bridgehead atoms. The lowest BCUT2D eigenvalue weighted by Crippen LogP contribution is -2.19. The maximum atomic E-state index is 5.81. The van der Waals surface area contributed by atoms with Crippen molar-refractivity contribution in [2.24, 2.45) is 5.92 Å². The van der Waals surface area contributed by atoms with Crippen molar-refractivity contribution in [2.45, 2.75) is 59.8 Å². The second-order valence-electron chi connectivity index (χ2n) is 5.30. The highest BCUT2D eigenvalue weighted by atomic mass is 16.5. The zero-order chi connectivity index (χ0) is 13.4. The maximum Gasteiger partial charge on any atom is 0.123 e. The predicted octanol–water partition coefficient (Wildman–Crippen LogP) is 3.73. The van der Waals surface area contributed by atoms with Gasteiger partial charge in [0.15, 0.2) is 0 Å². The Labute approximate surface area is 111 Å². The van der Waals surface area contributed by atoms with Crippen LogP contribution in [0.4, 0.5) is 0 Å². The number of nitrogens with one attached hydrogen (secondary N) is 1. The lowest BCUT2D eigenvalue weighted by molar-refractivity contribution is 0.0463. The summed E-state index contributed by atoms with van der Waals surface area (Å²) in [4.78, 5) is 0. The molecule has 1 unspecified atom stereocenters. The second kappa shape index (κ2) is 8.33. The van der Waals surface area contributed by atoms with Crippen molar-refractivity contribution in [3.8, 4) is 0 Å². The van der Waals surface area contributed by atoms with E-state index in [2.05, 4.69) is 33.0 Å². The average molecular weight is 253 g/mol. The summed E-state index contributed by atoms with van der Waals surface area (Å²) in [5.74, 6) is 1.66. The Kier molecular flexibility index (Phi) is 7.06. The van der Waals surface area contributed by atoms with Gasteiger partial charge in [-0.25, -0.2) is 0 Å². The number of ether oxygens (including phenoxy) is 1. The van der Waals surface area contributed by atoms with E-state index in [0.717, 1.165) is 37.3 Å². The zero-order valence-electron chi connectivity index (χ0n) is 12.2. The summed E-state index contributed by atoms with van der Waals surface area (Å²) in [6.07, 6.45) is 4.34. The molecule has 104 valence electrons. The van der Waals surface area contributed by atoms with Gasteiger partial charge >= 0.3 is 0 Å². The van der Waals surface area contributed by atoms with Crippen LogP contribution in [0.15, 0.2) is 16.7 Å². The van der Waals surface area contributed by atoms with E-state index in [1.807, 2.05) is 6.07 Å². The SMILES string of the molecule is CCCC(C)OCc1ccoc1CNCC(C)C. The third-order valence-corrected chi connectivity index (χ3v) is 2.89. The Morgan fingerprint density at radius 2 is 2.11 bits per heavy atom. The summed E-state index contributed by atoms with van der Waals surface area (Å²) >= 11 is 0. The molecule has 0 saturated heterocycles. The minimum absolute atomic E-state index is 0.321. The van der Waals surface area contributed by atoms with Gasteiger partial charge in [-0.15, -0.1) is 0 Å². The van der Waals surface area contributed by atoms with E-state index in [9.17, 15) is 0 Å². The zero-order valence-corrected chi connectivity index (χ0v) is 12.2. The van der Waals surface area contributed by atoms with Crippen LogP contribution < -0.4 is 5.32 Å². The molecule has 0 aliphatic rings. The first kappa shape index (κ1) is 15.3. The van der Waals surface area contributed by atoms with Crippen LogP contribution in [-0.4, -0.2) is 12.6 Å². The van der Waals surface area contributed by atoms with Gasteiger partial charge < -0.3 is 14.5 Å². The molecular weight excluding hydrogens is 226 g/mol. The molecule has 3 heteroatoms. The van der Waals surface area contributed by atoms with Crippen LogP contribution in [0.2, 0.25) is 0 Å². The van der Waals surface area contributed by atoms with Gasteiger partial charge in [0.05, 0.1) is 25.5 Å². The smallest absolute Gasteiger partial charge is 0.123 e. The Bertz CT molecular complexity index is 320. The molecule has 1 aromatic rings. The van der Waals surface area contributed by atoms with E-state index >= 15 is 0 Å². The second-order valence-corrected chi connectivity index (χ2v) is 5.30. The lowest BCUT2D eigenvalue weighted by atomic mass is 10.2. The van der Waals surface area contributed by atoms with Crippen molar-refractivity contribution < 1.29 is 9.15 Å². The third kappa shape index (κ3) is 5.69. The molecule has 0 aliphatic heterocycles. The molecule has 18 heavy (non-hydrogen) atoms. The van der Waals surface area contributed by atoms with Gasteiger partial charge in [0.25, 0.3) is 0 Å². The fourth-order valence-electron chi connectivity index (χ4n) is 1.85. The minimum atomic E-state index is 0.321. The van der Waals surface area contributed by atoms with Gasteiger partial charge in [-0.2, -0.15) is 0 Å². The quantitative estimate of drug-likeness (QED) is 0.728. The molecule has 1 atom stereocenters. The normalized spacial score (nSPS) is 13.2. The van der Waals surface area contributed by atoms with Gasteiger partial charge in [-0.3, -0.25) is 0 Å². The molecule has 0 aliphatic carbocycles. The molecule has 0 aromatic carbocycles. The Morgan fingerprint density at radius 3 is 2.78 bits per heavy atom. The van der Waals surface area contributed by atoms with E-state index in [-0.39, 0.29) is 0 Å². The first-order valence-electron chi connectivity index (χ1n) is 7.01. The monoisotopic (exact) mass is 253 g/mol. The molecule has 0 fully saturated rings. The summed E-state index contributed by atoms with van der Waals surface area (Å²) in [5.41, 5.74) is 1.16. The topological polar surface area (TPSA) is 34.4 Å². The van der Waals surface area contributed by atoms with Crippen LogP contribution in [0.25, 0.3) is 0 Å². The largest absolute Gasteiger partial charge is 0.468 e. The minimum Gasteiger partial charge on any atom is -0.468 e. The average Bonchev–Trinajstić information content (AvgIpc) is 2.74. The van der Waals surface area contributed by atoms with Gasteiger partial charge in [-0.05, 0) is 31.9 Å². The van der Waals surface area contributed by atoms with E-state index in [1.54, 1.807) is 6.26 Å². The first-order valence-corrected chi connectivity index (χ1v) is 7.01.